The molecule has 0 aromatic carbocycles. The molecule has 17 heavy (non-hydrogen) atoms. The van der Waals surface area contributed by atoms with Gasteiger partial charge in [-0.25, -0.2) is 0 Å². The average molecular weight is 241 g/mol. The van der Waals surface area contributed by atoms with Crippen molar-refractivity contribution in [3.8, 4) is 0 Å². The molecule has 4 heteroatoms. The zero-order valence-electron chi connectivity index (χ0n) is 10.5. The standard InChI is InChI=1S/C13H23NO3/c15-13(8-12-2-1-5-14-9-12)17-10-11-3-6-16-7-4-11/h11-12,14H,1-10H2. The van der Waals surface area contributed by atoms with Gasteiger partial charge in [0, 0.05) is 19.6 Å². The number of nitrogens with one attached hydrogen (secondary N) is 1. The van der Waals surface area contributed by atoms with E-state index in [4.69, 9.17) is 9.47 Å². The van der Waals surface area contributed by atoms with Gasteiger partial charge in [-0.05, 0) is 50.6 Å². The predicted octanol–water partition coefficient (Wildman–Crippen LogP) is 1.35. The number of rotatable bonds is 4. The van der Waals surface area contributed by atoms with E-state index in [1.165, 1.54) is 6.42 Å². The molecule has 1 atom stereocenters. The fourth-order valence-corrected chi connectivity index (χ4v) is 2.52. The molecule has 1 unspecified atom stereocenters. The number of carbonyl (C=O) groups excluding carboxylic acids is 1. The van der Waals surface area contributed by atoms with Crippen molar-refractivity contribution >= 4 is 5.97 Å². The summed E-state index contributed by atoms with van der Waals surface area (Å²) >= 11 is 0. The van der Waals surface area contributed by atoms with E-state index in [0.29, 0.717) is 24.9 Å². The van der Waals surface area contributed by atoms with Gasteiger partial charge in [0.15, 0.2) is 0 Å². The molecule has 1 N–H and O–H groups in total. The Bertz CT molecular complexity index is 233. The lowest BCUT2D eigenvalue weighted by Gasteiger charge is -2.24. The second-order valence-electron chi connectivity index (χ2n) is 5.16. The molecular formula is C13H23NO3. The molecule has 2 aliphatic heterocycles. The van der Waals surface area contributed by atoms with E-state index in [1.807, 2.05) is 0 Å². The maximum atomic E-state index is 11.7. The molecule has 2 rings (SSSR count). The Morgan fingerprint density at radius 2 is 2.06 bits per heavy atom. The van der Waals surface area contributed by atoms with Crippen LogP contribution in [0.3, 0.4) is 0 Å². The first-order valence-corrected chi connectivity index (χ1v) is 6.78. The van der Waals surface area contributed by atoms with E-state index in [9.17, 15) is 4.79 Å². The predicted molar refractivity (Wildman–Crippen MR) is 64.7 cm³/mol. The van der Waals surface area contributed by atoms with Crippen LogP contribution in [0.2, 0.25) is 0 Å². The van der Waals surface area contributed by atoms with Crippen molar-refractivity contribution in [3.05, 3.63) is 0 Å². The molecule has 0 radical (unpaired) electrons. The Morgan fingerprint density at radius 1 is 1.24 bits per heavy atom. The van der Waals surface area contributed by atoms with Gasteiger partial charge in [-0.3, -0.25) is 4.79 Å². The third-order valence-electron chi connectivity index (χ3n) is 3.68. The lowest BCUT2D eigenvalue weighted by atomic mass is 9.96. The zero-order valence-corrected chi connectivity index (χ0v) is 10.5. The van der Waals surface area contributed by atoms with Crippen LogP contribution in [0.5, 0.6) is 0 Å². The van der Waals surface area contributed by atoms with Crippen molar-refractivity contribution in [2.24, 2.45) is 11.8 Å². The molecule has 0 aliphatic carbocycles. The topological polar surface area (TPSA) is 47.6 Å². The summed E-state index contributed by atoms with van der Waals surface area (Å²) in [5.74, 6) is 0.966. The highest BCUT2D eigenvalue weighted by molar-refractivity contribution is 5.69. The molecule has 0 saturated carbocycles. The summed E-state index contributed by atoms with van der Waals surface area (Å²) in [6, 6.07) is 0. The van der Waals surface area contributed by atoms with Crippen molar-refractivity contribution in [1.82, 2.24) is 5.32 Å². The van der Waals surface area contributed by atoms with Gasteiger partial charge < -0.3 is 14.8 Å². The highest BCUT2D eigenvalue weighted by atomic mass is 16.5. The molecule has 0 bridgehead atoms. The minimum absolute atomic E-state index is 0.0230. The third kappa shape index (κ3) is 4.64. The van der Waals surface area contributed by atoms with Crippen molar-refractivity contribution in [3.63, 3.8) is 0 Å². The number of piperidine rings is 1. The lowest BCUT2D eigenvalue weighted by Crippen LogP contribution is -2.31. The van der Waals surface area contributed by atoms with E-state index < -0.39 is 0 Å². The highest BCUT2D eigenvalue weighted by Gasteiger charge is 2.19. The number of hydrogen-bond acceptors (Lipinski definition) is 4. The van der Waals surface area contributed by atoms with Crippen LogP contribution in [0.1, 0.15) is 32.1 Å². The smallest absolute Gasteiger partial charge is 0.306 e. The van der Waals surface area contributed by atoms with Crippen molar-refractivity contribution in [2.75, 3.05) is 32.9 Å². The van der Waals surface area contributed by atoms with Crippen molar-refractivity contribution < 1.29 is 14.3 Å². The summed E-state index contributed by atoms with van der Waals surface area (Å²) in [5, 5.41) is 3.32. The zero-order chi connectivity index (χ0) is 11.9. The SMILES string of the molecule is O=C(CC1CCCNC1)OCC1CCOCC1. The van der Waals surface area contributed by atoms with Gasteiger partial charge in [0.25, 0.3) is 0 Å². The minimum atomic E-state index is -0.0230. The van der Waals surface area contributed by atoms with Gasteiger partial charge in [-0.2, -0.15) is 0 Å². The molecule has 2 heterocycles. The molecule has 98 valence electrons. The second kappa shape index (κ2) is 6.97. The fourth-order valence-electron chi connectivity index (χ4n) is 2.52. The Kier molecular flexibility index (Phi) is 5.26. The molecule has 2 aliphatic rings. The monoisotopic (exact) mass is 241 g/mol. The number of carbonyl (C=O) groups is 1. The van der Waals surface area contributed by atoms with E-state index in [2.05, 4.69) is 5.32 Å². The van der Waals surface area contributed by atoms with Crippen molar-refractivity contribution in [2.45, 2.75) is 32.1 Å². The molecule has 0 aromatic heterocycles. The lowest BCUT2D eigenvalue weighted by molar-refractivity contribution is -0.147. The highest BCUT2D eigenvalue weighted by Crippen LogP contribution is 2.17. The van der Waals surface area contributed by atoms with Crippen LogP contribution in [-0.4, -0.2) is 38.9 Å². The van der Waals surface area contributed by atoms with Gasteiger partial charge >= 0.3 is 5.97 Å². The van der Waals surface area contributed by atoms with Crippen LogP contribution in [0.25, 0.3) is 0 Å². The second-order valence-corrected chi connectivity index (χ2v) is 5.16. The van der Waals surface area contributed by atoms with Crippen LogP contribution < -0.4 is 5.32 Å². The number of ether oxygens (including phenoxy) is 2. The summed E-state index contributed by atoms with van der Waals surface area (Å²) < 4.78 is 10.6. The minimum Gasteiger partial charge on any atom is -0.465 e. The average Bonchev–Trinajstić information content (AvgIpc) is 2.39. The maximum absolute atomic E-state index is 11.7. The molecule has 0 aromatic rings. The summed E-state index contributed by atoms with van der Waals surface area (Å²) in [4.78, 5) is 11.7. The maximum Gasteiger partial charge on any atom is 0.306 e. The van der Waals surface area contributed by atoms with Gasteiger partial charge in [0.05, 0.1) is 6.61 Å². The van der Waals surface area contributed by atoms with Gasteiger partial charge in [-0.1, -0.05) is 0 Å². The first kappa shape index (κ1) is 12.8. The van der Waals surface area contributed by atoms with Crippen LogP contribution in [0, 0.1) is 11.8 Å². The normalized spacial score (nSPS) is 26.7. The molecule has 2 fully saturated rings. The van der Waals surface area contributed by atoms with Crippen LogP contribution in [0.4, 0.5) is 0 Å². The van der Waals surface area contributed by atoms with Crippen LogP contribution in [-0.2, 0) is 14.3 Å². The molecule has 2 saturated heterocycles. The first-order valence-electron chi connectivity index (χ1n) is 6.78. The van der Waals surface area contributed by atoms with Gasteiger partial charge in [-0.15, -0.1) is 0 Å². The largest absolute Gasteiger partial charge is 0.465 e. The molecular weight excluding hydrogens is 218 g/mol. The summed E-state index contributed by atoms with van der Waals surface area (Å²) in [7, 11) is 0. The molecule has 4 nitrogen and oxygen atoms in total. The van der Waals surface area contributed by atoms with E-state index in [1.54, 1.807) is 0 Å². The Labute approximate surface area is 103 Å². The molecule has 0 amide bonds. The summed E-state index contributed by atoms with van der Waals surface area (Å²) in [6.07, 6.45) is 4.96. The Balaban J connectivity index is 1.59. The van der Waals surface area contributed by atoms with Crippen LogP contribution in [0.15, 0.2) is 0 Å². The number of esters is 1. The fraction of sp³-hybridized carbons (Fsp3) is 0.923. The first-order chi connectivity index (χ1) is 8.34. The van der Waals surface area contributed by atoms with Crippen LogP contribution >= 0.6 is 0 Å². The summed E-state index contributed by atoms with van der Waals surface area (Å²) in [5.41, 5.74) is 0. The number of hydrogen-bond donors (Lipinski definition) is 1. The Hall–Kier alpha value is -0.610. The van der Waals surface area contributed by atoms with E-state index in [-0.39, 0.29) is 5.97 Å². The van der Waals surface area contributed by atoms with E-state index in [0.717, 1.165) is 45.6 Å². The molecule has 0 spiro atoms. The van der Waals surface area contributed by atoms with Crippen molar-refractivity contribution in [1.29, 1.82) is 0 Å². The quantitative estimate of drug-likeness (QED) is 0.755. The van der Waals surface area contributed by atoms with Gasteiger partial charge in [0.2, 0.25) is 0 Å². The summed E-state index contributed by atoms with van der Waals surface area (Å²) in [6.45, 7) is 4.27. The van der Waals surface area contributed by atoms with E-state index >= 15 is 0 Å². The Morgan fingerprint density at radius 3 is 2.76 bits per heavy atom. The van der Waals surface area contributed by atoms with Gasteiger partial charge in [0.1, 0.15) is 0 Å². The third-order valence-corrected chi connectivity index (χ3v) is 3.68.